The van der Waals surface area contributed by atoms with Crippen LogP contribution in [0.4, 0.5) is 0 Å². The highest BCUT2D eigenvalue weighted by atomic mass is 32.1. The van der Waals surface area contributed by atoms with Crippen LogP contribution in [0.3, 0.4) is 0 Å². The minimum Gasteiger partial charge on any atom is -0.316 e. The van der Waals surface area contributed by atoms with E-state index < -0.39 is 0 Å². The summed E-state index contributed by atoms with van der Waals surface area (Å²) in [5.74, 6) is 0.778. The Balaban J connectivity index is 1.86. The Kier molecular flexibility index (Phi) is 3.35. The van der Waals surface area contributed by atoms with Crippen LogP contribution in [0.5, 0.6) is 0 Å². The van der Waals surface area contributed by atoms with Gasteiger partial charge in [0.25, 0.3) is 0 Å². The molecule has 18 heavy (non-hydrogen) atoms. The minimum absolute atomic E-state index is 0.778. The van der Waals surface area contributed by atoms with E-state index in [2.05, 4.69) is 31.3 Å². The fourth-order valence-corrected chi connectivity index (χ4v) is 3.98. The molecule has 1 aliphatic heterocycles. The number of piperidine rings is 1. The van der Waals surface area contributed by atoms with Crippen LogP contribution in [-0.4, -0.2) is 18.1 Å². The van der Waals surface area contributed by atoms with E-state index in [1.165, 1.54) is 45.7 Å². The third-order valence-electron chi connectivity index (χ3n) is 3.73. The molecule has 1 unspecified atom stereocenters. The van der Waals surface area contributed by atoms with Crippen molar-refractivity contribution in [3.05, 3.63) is 28.3 Å². The standard InChI is InChI=1S/C15H20N2S/c1-10-6-11(2)15-13(7-10)17-14(18-15)8-12-4-3-5-16-9-12/h6-7,12,16H,3-5,8-9H2,1-2H3. The van der Waals surface area contributed by atoms with Crippen LogP contribution >= 0.6 is 11.3 Å². The number of rotatable bonds is 2. The second-order valence-electron chi connectivity index (χ2n) is 5.45. The van der Waals surface area contributed by atoms with Gasteiger partial charge < -0.3 is 5.32 Å². The number of nitrogens with zero attached hydrogens (tertiary/aromatic N) is 1. The van der Waals surface area contributed by atoms with Crippen LogP contribution in [0.25, 0.3) is 10.2 Å². The van der Waals surface area contributed by atoms with Crippen LogP contribution in [0.2, 0.25) is 0 Å². The first-order valence-corrected chi connectivity index (χ1v) is 7.61. The van der Waals surface area contributed by atoms with Gasteiger partial charge in [-0.05, 0) is 62.9 Å². The van der Waals surface area contributed by atoms with Gasteiger partial charge in [0.2, 0.25) is 0 Å². The summed E-state index contributed by atoms with van der Waals surface area (Å²) < 4.78 is 1.37. The van der Waals surface area contributed by atoms with Crippen LogP contribution in [0.15, 0.2) is 12.1 Å². The lowest BCUT2D eigenvalue weighted by Crippen LogP contribution is -2.30. The molecule has 0 aliphatic carbocycles. The van der Waals surface area contributed by atoms with Crippen LogP contribution in [-0.2, 0) is 6.42 Å². The van der Waals surface area contributed by atoms with Crippen molar-refractivity contribution in [2.45, 2.75) is 33.1 Å². The molecule has 96 valence electrons. The topological polar surface area (TPSA) is 24.9 Å². The Morgan fingerprint density at radius 2 is 2.28 bits per heavy atom. The number of nitrogens with one attached hydrogen (secondary N) is 1. The molecule has 3 rings (SSSR count). The second kappa shape index (κ2) is 4.98. The quantitative estimate of drug-likeness (QED) is 0.894. The number of fused-ring (bicyclic) bond motifs is 1. The zero-order chi connectivity index (χ0) is 12.5. The predicted octanol–water partition coefficient (Wildman–Crippen LogP) is 3.46. The Hall–Kier alpha value is -0.930. The first kappa shape index (κ1) is 12.1. The van der Waals surface area contributed by atoms with Gasteiger partial charge in [-0.15, -0.1) is 11.3 Å². The molecule has 3 heteroatoms. The lowest BCUT2D eigenvalue weighted by molar-refractivity contribution is 0.376. The summed E-state index contributed by atoms with van der Waals surface area (Å²) in [6.45, 7) is 6.69. The summed E-state index contributed by atoms with van der Waals surface area (Å²) in [6.07, 6.45) is 3.81. The van der Waals surface area contributed by atoms with Crippen LogP contribution in [0.1, 0.15) is 29.0 Å². The lowest BCUT2D eigenvalue weighted by Gasteiger charge is -2.21. The first-order valence-electron chi connectivity index (χ1n) is 6.80. The van der Waals surface area contributed by atoms with Crippen molar-refractivity contribution in [3.63, 3.8) is 0 Å². The average molecular weight is 260 g/mol. The molecule has 2 heterocycles. The molecule has 0 saturated carbocycles. The number of hydrogen-bond acceptors (Lipinski definition) is 3. The van der Waals surface area contributed by atoms with Crippen molar-refractivity contribution in [1.82, 2.24) is 10.3 Å². The number of thiazole rings is 1. The highest BCUT2D eigenvalue weighted by molar-refractivity contribution is 7.18. The van der Waals surface area contributed by atoms with Crippen LogP contribution in [0, 0.1) is 19.8 Å². The number of hydrogen-bond donors (Lipinski definition) is 1. The number of benzene rings is 1. The molecule has 0 bridgehead atoms. The van der Waals surface area contributed by atoms with Gasteiger partial charge in [-0.1, -0.05) is 6.07 Å². The normalized spacial score (nSPS) is 20.4. The fraction of sp³-hybridized carbons (Fsp3) is 0.533. The zero-order valence-electron chi connectivity index (χ0n) is 11.1. The van der Waals surface area contributed by atoms with Crippen molar-refractivity contribution in [3.8, 4) is 0 Å². The molecule has 1 saturated heterocycles. The Bertz CT molecular complexity index is 553. The largest absolute Gasteiger partial charge is 0.316 e. The van der Waals surface area contributed by atoms with Crippen molar-refractivity contribution in [1.29, 1.82) is 0 Å². The Morgan fingerprint density at radius 3 is 3.06 bits per heavy atom. The molecular weight excluding hydrogens is 240 g/mol. The number of aryl methyl sites for hydroxylation is 2. The summed E-state index contributed by atoms with van der Waals surface area (Å²) in [6, 6.07) is 4.47. The lowest BCUT2D eigenvalue weighted by atomic mass is 9.97. The van der Waals surface area contributed by atoms with Gasteiger partial charge in [0.05, 0.1) is 15.2 Å². The maximum atomic E-state index is 4.82. The highest BCUT2D eigenvalue weighted by Crippen LogP contribution is 2.29. The smallest absolute Gasteiger partial charge is 0.0941 e. The molecule has 2 aromatic rings. The van der Waals surface area contributed by atoms with Gasteiger partial charge in [0, 0.05) is 6.42 Å². The molecule has 1 atom stereocenters. The van der Waals surface area contributed by atoms with Gasteiger partial charge in [-0.25, -0.2) is 4.98 Å². The summed E-state index contributed by atoms with van der Waals surface area (Å²) in [4.78, 5) is 4.82. The summed E-state index contributed by atoms with van der Waals surface area (Å²) in [7, 11) is 0. The van der Waals surface area contributed by atoms with Gasteiger partial charge >= 0.3 is 0 Å². The van der Waals surface area contributed by atoms with Gasteiger partial charge in [-0.2, -0.15) is 0 Å². The van der Waals surface area contributed by atoms with Crippen molar-refractivity contribution < 1.29 is 0 Å². The number of aromatic nitrogens is 1. The Labute approximate surface area is 112 Å². The first-order chi connectivity index (χ1) is 8.72. The van der Waals surface area contributed by atoms with Crippen molar-refractivity contribution in [2.24, 2.45) is 5.92 Å². The van der Waals surface area contributed by atoms with E-state index in [1.54, 1.807) is 0 Å². The third-order valence-corrected chi connectivity index (χ3v) is 4.96. The van der Waals surface area contributed by atoms with Crippen LogP contribution < -0.4 is 5.32 Å². The third kappa shape index (κ3) is 2.43. The predicted molar refractivity (Wildman–Crippen MR) is 78.4 cm³/mol. The van der Waals surface area contributed by atoms with Gasteiger partial charge in [0.1, 0.15) is 0 Å². The second-order valence-corrected chi connectivity index (χ2v) is 6.54. The monoisotopic (exact) mass is 260 g/mol. The van der Waals surface area contributed by atoms with Crippen molar-refractivity contribution in [2.75, 3.05) is 13.1 Å². The molecule has 1 aromatic heterocycles. The van der Waals surface area contributed by atoms with E-state index >= 15 is 0 Å². The molecule has 1 aromatic carbocycles. The van der Waals surface area contributed by atoms with E-state index in [9.17, 15) is 0 Å². The van der Waals surface area contributed by atoms with E-state index in [1.807, 2.05) is 11.3 Å². The summed E-state index contributed by atoms with van der Waals surface area (Å²) >= 11 is 1.89. The molecule has 1 N–H and O–H groups in total. The van der Waals surface area contributed by atoms with E-state index in [4.69, 9.17) is 4.98 Å². The van der Waals surface area contributed by atoms with Gasteiger partial charge in [0.15, 0.2) is 0 Å². The molecule has 0 spiro atoms. The molecule has 2 nitrogen and oxygen atoms in total. The molecule has 0 radical (unpaired) electrons. The SMILES string of the molecule is Cc1cc(C)c2sc(CC3CCCNC3)nc2c1. The Morgan fingerprint density at radius 1 is 1.39 bits per heavy atom. The molecule has 0 amide bonds. The highest BCUT2D eigenvalue weighted by Gasteiger charge is 2.16. The molecule has 1 fully saturated rings. The van der Waals surface area contributed by atoms with E-state index in [0.29, 0.717) is 0 Å². The average Bonchev–Trinajstić information content (AvgIpc) is 2.73. The maximum absolute atomic E-state index is 4.82. The fourth-order valence-electron chi connectivity index (χ4n) is 2.86. The summed E-state index contributed by atoms with van der Waals surface area (Å²) in [5.41, 5.74) is 3.88. The molecule has 1 aliphatic rings. The minimum atomic E-state index is 0.778. The summed E-state index contributed by atoms with van der Waals surface area (Å²) in [5, 5.41) is 4.80. The van der Waals surface area contributed by atoms with E-state index in [0.717, 1.165) is 18.9 Å². The van der Waals surface area contributed by atoms with E-state index in [-0.39, 0.29) is 0 Å². The van der Waals surface area contributed by atoms with Crippen molar-refractivity contribution >= 4 is 21.6 Å². The zero-order valence-corrected chi connectivity index (χ0v) is 11.9. The maximum Gasteiger partial charge on any atom is 0.0941 e. The molecular formula is C15H20N2S. The van der Waals surface area contributed by atoms with Gasteiger partial charge in [-0.3, -0.25) is 0 Å².